The number of nitrogens with zero attached hydrogens (tertiary/aromatic N) is 1. The Morgan fingerprint density at radius 2 is 1.78 bits per heavy atom. The van der Waals surface area contributed by atoms with E-state index in [1.807, 2.05) is 0 Å². The quantitative estimate of drug-likeness (QED) is 0.567. The number of hydrogen-bond acceptors (Lipinski definition) is 5. The van der Waals surface area contributed by atoms with E-state index in [-0.39, 0.29) is 17.5 Å². The van der Waals surface area contributed by atoms with Crippen LogP contribution in [0.25, 0.3) is 0 Å². The van der Waals surface area contributed by atoms with E-state index in [9.17, 15) is 18.0 Å². The van der Waals surface area contributed by atoms with Gasteiger partial charge in [0.2, 0.25) is 15.9 Å². The third kappa shape index (κ3) is 5.90. The van der Waals surface area contributed by atoms with Crippen LogP contribution in [-0.2, 0) is 24.3 Å². The maximum atomic E-state index is 12.8. The predicted octanol–water partition coefficient (Wildman–Crippen LogP) is 2.70. The summed E-state index contributed by atoms with van der Waals surface area (Å²) < 4.78 is 31.7. The molecule has 1 aromatic carbocycles. The first kappa shape index (κ1) is 21.1. The summed E-state index contributed by atoms with van der Waals surface area (Å²) in [6.45, 7) is 1.91. The van der Waals surface area contributed by atoms with Crippen molar-refractivity contribution in [3.05, 3.63) is 36.4 Å². The van der Waals surface area contributed by atoms with E-state index in [4.69, 9.17) is 4.74 Å². The fourth-order valence-electron chi connectivity index (χ4n) is 3.04. The number of anilines is 1. The summed E-state index contributed by atoms with van der Waals surface area (Å²) >= 11 is 0. The summed E-state index contributed by atoms with van der Waals surface area (Å²) in [5.41, 5.74) is 0.438. The van der Waals surface area contributed by atoms with Crippen LogP contribution < -0.4 is 5.32 Å². The van der Waals surface area contributed by atoms with Crippen molar-refractivity contribution in [1.29, 1.82) is 0 Å². The van der Waals surface area contributed by atoms with Gasteiger partial charge in [0, 0.05) is 30.9 Å². The zero-order valence-corrected chi connectivity index (χ0v) is 16.5. The van der Waals surface area contributed by atoms with Gasteiger partial charge in [0.15, 0.2) is 0 Å². The normalized spacial score (nSPS) is 15.8. The highest BCUT2D eigenvalue weighted by Gasteiger charge is 2.28. The zero-order valence-electron chi connectivity index (χ0n) is 15.7. The molecule has 1 aromatic rings. The highest BCUT2D eigenvalue weighted by atomic mass is 32.2. The van der Waals surface area contributed by atoms with E-state index in [2.05, 4.69) is 5.32 Å². The monoisotopic (exact) mass is 394 g/mol. The molecule has 1 N–H and O–H groups in total. The first-order valence-corrected chi connectivity index (χ1v) is 10.5. The van der Waals surface area contributed by atoms with Gasteiger partial charge in [0.05, 0.1) is 11.5 Å². The number of ether oxygens (including phenoxy) is 1. The van der Waals surface area contributed by atoms with Crippen LogP contribution in [0.5, 0.6) is 0 Å². The molecule has 0 saturated heterocycles. The molecule has 1 fully saturated rings. The highest BCUT2D eigenvalue weighted by Crippen LogP contribution is 2.26. The molecule has 1 aliphatic carbocycles. The molecule has 0 bridgehead atoms. The Hall–Kier alpha value is -2.19. The number of benzene rings is 1. The van der Waals surface area contributed by atoms with Crippen LogP contribution in [0, 0.1) is 0 Å². The van der Waals surface area contributed by atoms with Crippen LogP contribution in [0.1, 0.15) is 39.0 Å². The standard InChI is InChI=1S/C19H26N2O5S/c1-3-26-19(23)14-13-18(22)20-15-9-11-17(12-10-15)27(24,25)21(2)16-7-5-4-6-8-16/h9-14,16H,3-8H2,1-2H3,(H,20,22). The SMILES string of the molecule is CCOC(=O)C=CC(=O)Nc1ccc(S(=O)(=O)N(C)C2CCCCC2)cc1. The number of hydrogen-bond donors (Lipinski definition) is 1. The van der Waals surface area contributed by atoms with Gasteiger partial charge in [0.1, 0.15) is 0 Å². The lowest BCUT2D eigenvalue weighted by Gasteiger charge is -2.30. The van der Waals surface area contributed by atoms with Gasteiger partial charge in [-0.15, -0.1) is 0 Å². The second kappa shape index (κ2) is 9.66. The van der Waals surface area contributed by atoms with E-state index >= 15 is 0 Å². The summed E-state index contributed by atoms with van der Waals surface area (Å²) in [4.78, 5) is 23.2. The van der Waals surface area contributed by atoms with Gasteiger partial charge in [-0.1, -0.05) is 19.3 Å². The van der Waals surface area contributed by atoms with Crippen molar-refractivity contribution in [3.63, 3.8) is 0 Å². The summed E-state index contributed by atoms with van der Waals surface area (Å²) in [6, 6.07) is 6.03. The van der Waals surface area contributed by atoms with Crippen LogP contribution in [0.15, 0.2) is 41.3 Å². The Morgan fingerprint density at radius 1 is 1.15 bits per heavy atom. The Bertz CT molecular complexity index is 781. The summed E-state index contributed by atoms with van der Waals surface area (Å²) in [5, 5.41) is 2.57. The number of rotatable bonds is 7. The molecule has 0 aliphatic heterocycles. The molecule has 1 amide bonds. The lowest BCUT2D eigenvalue weighted by atomic mass is 9.96. The minimum absolute atomic E-state index is 0.0381. The summed E-state index contributed by atoms with van der Waals surface area (Å²) in [6.07, 6.45) is 7.14. The molecule has 0 spiro atoms. The molecule has 0 atom stereocenters. The number of carbonyl (C=O) groups excluding carboxylic acids is 2. The van der Waals surface area contributed by atoms with Crippen molar-refractivity contribution in [2.75, 3.05) is 19.0 Å². The third-order valence-electron chi connectivity index (χ3n) is 4.55. The average molecular weight is 394 g/mol. The highest BCUT2D eigenvalue weighted by molar-refractivity contribution is 7.89. The molecular weight excluding hydrogens is 368 g/mol. The number of amides is 1. The van der Waals surface area contributed by atoms with Gasteiger partial charge >= 0.3 is 5.97 Å². The van der Waals surface area contributed by atoms with E-state index in [0.29, 0.717) is 5.69 Å². The second-order valence-corrected chi connectivity index (χ2v) is 8.41. The number of nitrogens with one attached hydrogen (secondary N) is 1. The summed E-state index contributed by atoms with van der Waals surface area (Å²) in [5.74, 6) is -1.10. The lowest BCUT2D eigenvalue weighted by Crippen LogP contribution is -2.38. The van der Waals surface area contributed by atoms with Crippen LogP contribution in [-0.4, -0.2) is 44.3 Å². The Labute approximate surface area is 160 Å². The molecule has 0 radical (unpaired) electrons. The number of esters is 1. The fraction of sp³-hybridized carbons (Fsp3) is 0.474. The molecule has 27 heavy (non-hydrogen) atoms. The minimum Gasteiger partial charge on any atom is -0.463 e. The van der Waals surface area contributed by atoms with Crippen molar-refractivity contribution >= 4 is 27.6 Å². The molecule has 2 rings (SSSR count). The Balaban J connectivity index is 2.01. The number of sulfonamides is 1. The Kier molecular flexibility index (Phi) is 7.55. The molecule has 0 unspecified atom stereocenters. The molecule has 1 saturated carbocycles. The van der Waals surface area contributed by atoms with Crippen LogP contribution in [0.2, 0.25) is 0 Å². The third-order valence-corrected chi connectivity index (χ3v) is 6.47. The average Bonchev–Trinajstić information content (AvgIpc) is 2.67. The minimum atomic E-state index is -3.57. The molecule has 0 aromatic heterocycles. The Morgan fingerprint density at radius 3 is 2.37 bits per heavy atom. The van der Waals surface area contributed by atoms with Crippen molar-refractivity contribution in [2.45, 2.75) is 50.0 Å². The lowest BCUT2D eigenvalue weighted by molar-refractivity contribution is -0.137. The zero-order chi connectivity index (χ0) is 19.9. The molecule has 0 heterocycles. The fourth-order valence-corrected chi connectivity index (χ4v) is 4.45. The van der Waals surface area contributed by atoms with E-state index in [0.717, 1.165) is 44.3 Å². The first-order valence-electron chi connectivity index (χ1n) is 9.08. The predicted molar refractivity (Wildman–Crippen MR) is 103 cm³/mol. The van der Waals surface area contributed by atoms with Gasteiger partial charge in [-0.3, -0.25) is 4.79 Å². The first-order chi connectivity index (χ1) is 12.8. The van der Waals surface area contributed by atoms with E-state index in [1.165, 1.54) is 28.6 Å². The van der Waals surface area contributed by atoms with Crippen LogP contribution >= 0.6 is 0 Å². The molecule has 8 heteroatoms. The molecule has 148 valence electrons. The van der Waals surface area contributed by atoms with Crippen molar-refractivity contribution in [3.8, 4) is 0 Å². The second-order valence-electron chi connectivity index (χ2n) is 6.41. The topological polar surface area (TPSA) is 92.8 Å². The van der Waals surface area contributed by atoms with E-state index < -0.39 is 21.9 Å². The van der Waals surface area contributed by atoms with Gasteiger partial charge in [-0.2, -0.15) is 4.31 Å². The summed E-state index contributed by atoms with van der Waals surface area (Å²) in [7, 11) is -1.94. The number of carbonyl (C=O) groups is 2. The van der Waals surface area contributed by atoms with Gasteiger partial charge in [-0.25, -0.2) is 13.2 Å². The molecule has 7 nitrogen and oxygen atoms in total. The molecular formula is C19H26N2O5S. The van der Waals surface area contributed by atoms with Gasteiger partial charge in [0.25, 0.3) is 0 Å². The maximum absolute atomic E-state index is 12.8. The van der Waals surface area contributed by atoms with Gasteiger partial charge < -0.3 is 10.1 Å². The maximum Gasteiger partial charge on any atom is 0.330 e. The van der Waals surface area contributed by atoms with Crippen molar-refractivity contribution in [1.82, 2.24) is 4.31 Å². The van der Waals surface area contributed by atoms with Gasteiger partial charge in [-0.05, 0) is 44.0 Å². The van der Waals surface area contributed by atoms with E-state index in [1.54, 1.807) is 14.0 Å². The van der Waals surface area contributed by atoms with Crippen molar-refractivity contribution < 1.29 is 22.7 Å². The van der Waals surface area contributed by atoms with Crippen LogP contribution in [0.4, 0.5) is 5.69 Å². The van der Waals surface area contributed by atoms with Crippen LogP contribution in [0.3, 0.4) is 0 Å². The van der Waals surface area contributed by atoms with Crippen molar-refractivity contribution in [2.24, 2.45) is 0 Å². The largest absolute Gasteiger partial charge is 0.463 e. The smallest absolute Gasteiger partial charge is 0.330 e. The molecule has 1 aliphatic rings.